The van der Waals surface area contributed by atoms with Gasteiger partial charge in [0, 0.05) is 46.4 Å². The van der Waals surface area contributed by atoms with Crippen molar-refractivity contribution in [3.63, 3.8) is 0 Å². The van der Waals surface area contributed by atoms with Crippen LogP contribution >= 0.6 is 23.2 Å². The molecule has 6 heteroatoms. The first kappa shape index (κ1) is 18.9. The van der Waals surface area contributed by atoms with Crippen molar-refractivity contribution >= 4 is 39.9 Å². The molecule has 28 heavy (non-hydrogen) atoms. The lowest BCUT2D eigenvalue weighted by atomic mass is 10.0. The lowest BCUT2D eigenvalue weighted by molar-refractivity contribution is 0.280. The summed E-state index contributed by atoms with van der Waals surface area (Å²) in [6.45, 7) is 9.76. The summed E-state index contributed by atoms with van der Waals surface area (Å²) < 4.78 is 0. The van der Waals surface area contributed by atoms with E-state index in [1.54, 1.807) is 0 Å². The Kier molecular flexibility index (Phi) is 5.33. The fourth-order valence-electron chi connectivity index (χ4n) is 3.67. The van der Waals surface area contributed by atoms with Crippen molar-refractivity contribution in [2.24, 2.45) is 0 Å². The molecule has 0 unspecified atom stereocenters. The van der Waals surface area contributed by atoms with Gasteiger partial charge in [-0.1, -0.05) is 54.6 Å². The van der Waals surface area contributed by atoms with Crippen LogP contribution in [0.2, 0.25) is 10.0 Å². The Hall–Kier alpha value is -2.43. The van der Waals surface area contributed by atoms with Crippen molar-refractivity contribution in [3.05, 3.63) is 71.4 Å². The van der Waals surface area contributed by atoms with E-state index in [1.165, 1.54) is 0 Å². The summed E-state index contributed by atoms with van der Waals surface area (Å²) in [5.41, 5.74) is 3.71. The number of fused-ring (bicyclic) bond motifs is 1. The zero-order valence-corrected chi connectivity index (χ0v) is 17.0. The Balaban J connectivity index is 1.59. The number of nitrogens with one attached hydrogen (secondary N) is 2. The second-order valence-electron chi connectivity index (χ2n) is 7.03. The highest BCUT2D eigenvalue weighted by Gasteiger charge is 2.21. The number of likely N-dealkylation sites (tertiary alicyclic amines) is 1. The molecule has 0 aliphatic carbocycles. The van der Waals surface area contributed by atoms with E-state index in [0.717, 1.165) is 59.5 Å². The van der Waals surface area contributed by atoms with Gasteiger partial charge in [0.05, 0.1) is 10.5 Å². The molecule has 0 saturated carbocycles. The maximum atomic E-state index is 6.52. The van der Waals surface area contributed by atoms with Crippen LogP contribution in [0.15, 0.2) is 61.3 Å². The number of allylic oxidation sites excluding steroid dienone is 1. The van der Waals surface area contributed by atoms with E-state index in [1.807, 2.05) is 36.4 Å². The predicted octanol–water partition coefficient (Wildman–Crippen LogP) is 6.11. The average Bonchev–Trinajstić information content (AvgIpc) is 3.09. The molecular formula is C22H22Cl2N4. The number of hydrogen-bond acceptors (Lipinski definition) is 3. The minimum atomic E-state index is 0.361. The average molecular weight is 413 g/mol. The summed E-state index contributed by atoms with van der Waals surface area (Å²) in [6, 6.07) is 12.0. The van der Waals surface area contributed by atoms with Crippen molar-refractivity contribution in [2.75, 3.05) is 18.4 Å². The number of aromatic nitrogens is 2. The highest BCUT2D eigenvalue weighted by Crippen LogP contribution is 2.37. The number of benzene rings is 2. The summed E-state index contributed by atoms with van der Waals surface area (Å²) in [4.78, 5) is 2.27. The van der Waals surface area contributed by atoms with E-state index in [9.17, 15) is 0 Å². The number of H-pyrrole nitrogens is 1. The second kappa shape index (κ2) is 7.90. The van der Waals surface area contributed by atoms with Crippen molar-refractivity contribution in [2.45, 2.75) is 18.9 Å². The Morgan fingerprint density at radius 1 is 1.14 bits per heavy atom. The van der Waals surface area contributed by atoms with Crippen LogP contribution in [0.3, 0.4) is 0 Å². The van der Waals surface area contributed by atoms with Crippen molar-refractivity contribution in [3.8, 4) is 11.1 Å². The first-order valence-corrected chi connectivity index (χ1v) is 10.1. The Bertz CT molecular complexity index is 1030. The van der Waals surface area contributed by atoms with Crippen LogP contribution in [0, 0.1) is 0 Å². The number of anilines is 1. The van der Waals surface area contributed by atoms with Gasteiger partial charge in [-0.05, 0) is 37.1 Å². The third-order valence-corrected chi connectivity index (χ3v) is 5.93. The number of rotatable bonds is 5. The van der Waals surface area contributed by atoms with E-state index in [0.29, 0.717) is 16.1 Å². The van der Waals surface area contributed by atoms with Gasteiger partial charge in [0.15, 0.2) is 5.82 Å². The number of halogens is 2. The van der Waals surface area contributed by atoms with Gasteiger partial charge in [0.1, 0.15) is 0 Å². The fourth-order valence-corrected chi connectivity index (χ4v) is 4.17. The largest absolute Gasteiger partial charge is 0.372 e. The molecule has 0 amide bonds. The number of aromatic amines is 1. The lowest BCUT2D eigenvalue weighted by Gasteiger charge is -2.34. The Morgan fingerprint density at radius 2 is 1.89 bits per heavy atom. The van der Waals surface area contributed by atoms with Gasteiger partial charge in [-0.2, -0.15) is 5.10 Å². The highest BCUT2D eigenvalue weighted by molar-refractivity contribution is 6.37. The minimum Gasteiger partial charge on any atom is -0.372 e. The van der Waals surface area contributed by atoms with Crippen LogP contribution in [0.1, 0.15) is 12.8 Å². The molecule has 144 valence electrons. The van der Waals surface area contributed by atoms with Crippen LogP contribution in [0.25, 0.3) is 22.0 Å². The molecule has 2 heterocycles. The monoisotopic (exact) mass is 412 g/mol. The maximum absolute atomic E-state index is 6.52. The second-order valence-corrected chi connectivity index (χ2v) is 7.85. The van der Waals surface area contributed by atoms with E-state index >= 15 is 0 Å². The van der Waals surface area contributed by atoms with Gasteiger partial charge in [0.25, 0.3) is 0 Å². The summed E-state index contributed by atoms with van der Waals surface area (Å²) in [5.74, 6) is 0.848. The molecule has 1 saturated heterocycles. The standard InChI is InChI=1S/C22H22Cl2N4/c1-3-14(2)28-10-8-15(9-11-28)25-22-18-12-17(16-6-4-5-7-19(16)23)20(24)13-21(18)26-27-22/h3-7,12-13,15H,1-2,8-11H2,(H2,25,26,27). The molecule has 1 aromatic heterocycles. The summed E-state index contributed by atoms with van der Waals surface area (Å²) in [7, 11) is 0. The third-order valence-electron chi connectivity index (χ3n) is 5.29. The van der Waals surface area contributed by atoms with Gasteiger partial charge in [0.2, 0.25) is 0 Å². The molecule has 4 rings (SSSR count). The van der Waals surface area contributed by atoms with Crippen molar-refractivity contribution < 1.29 is 0 Å². The molecule has 1 aliphatic heterocycles. The van der Waals surface area contributed by atoms with Gasteiger partial charge in [-0.3, -0.25) is 5.10 Å². The molecule has 2 aromatic carbocycles. The molecule has 1 aliphatic rings. The van der Waals surface area contributed by atoms with Gasteiger partial charge in [-0.15, -0.1) is 0 Å². The summed E-state index contributed by atoms with van der Waals surface area (Å²) in [5, 5.41) is 13.5. The minimum absolute atomic E-state index is 0.361. The first-order valence-electron chi connectivity index (χ1n) is 9.32. The molecule has 0 radical (unpaired) electrons. The zero-order chi connectivity index (χ0) is 19.7. The van der Waals surface area contributed by atoms with Crippen LogP contribution in [-0.4, -0.2) is 34.2 Å². The molecule has 2 N–H and O–H groups in total. The van der Waals surface area contributed by atoms with E-state index in [4.69, 9.17) is 23.2 Å². The first-order chi connectivity index (χ1) is 13.6. The van der Waals surface area contributed by atoms with Gasteiger partial charge >= 0.3 is 0 Å². The highest BCUT2D eigenvalue weighted by atomic mass is 35.5. The molecule has 0 spiro atoms. The Labute approximate surface area is 174 Å². The van der Waals surface area contributed by atoms with Gasteiger partial charge in [-0.25, -0.2) is 0 Å². The quantitative estimate of drug-likeness (QED) is 0.496. The molecular weight excluding hydrogens is 391 g/mol. The third kappa shape index (κ3) is 3.62. The molecule has 1 fully saturated rings. The molecule has 0 bridgehead atoms. The van der Waals surface area contributed by atoms with Crippen molar-refractivity contribution in [1.29, 1.82) is 0 Å². The summed E-state index contributed by atoms with van der Waals surface area (Å²) >= 11 is 12.9. The van der Waals surface area contributed by atoms with Crippen LogP contribution in [0.4, 0.5) is 5.82 Å². The zero-order valence-electron chi connectivity index (χ0n) is 15.5. The molecule has 3 aromatic rings. The lowest BCUT2D eigenvalue weighted by Crippen LogP contribution is -2.38. The molecule has 4 nitrogen and oxygen atoms in total. The van der Waals surface area contributed by atoms with E-state index in [-0.39, 0.29) is 0 Å². The predicted molar refractivity (Wildman–Crippen MR) is 119 cm³/mol. The smallest absolute Gasteiger partial charge is 0.155 e. The van der Waals surface area contributed by atoms with Gasteiger partial charge < -0.3 is 10.2 Å². The van der Waals surface area contributed by atoms with Crippen LogP contribution in [0.5, 0.6) is 0 Å². The SMILES string of the molecule is C=CC(=C)N1CCC(Nc2n[nH]c3cc(Cl)c(-c4ccccc4Cl)cc23)CC1. The van der Waals surface area contributed by atoms with Crippen LogP contribution < -0.4 is 5.32 Å². The number of nitrogens with zero attached hydrogens (tertiary/aromatic N) is 2. The van der Waals surface area contributed by atoms with E-state index in [2.05, 4.69) is 39.6 Å². The number of piperidine rings is 1. The van der Waals surface area contributed by atoms with E-state index < -0.39 is 0 Å². The van der Waals surface area contributed by atoms with Crippen molar-refractivity contribution in [1.82, 2.24) is 15.1 Å². The maximum Gasteiger partial charge on any atom is 0.155 e. The molecule has 0 atom stereocenters. The number of hydrogen-bond donors (Lipinski definition) is 2. The normalized spacial score (nSPS) is 15.0. The van der Waals surface area contributed by atoms with Crippen LogP contribution in [-0.2, 0) is 0 Å². The fraction of sp³-hybridized carbons (Fsp3) is 0.227. The topological polar surface area (TPSA) is 44.0 Å². The Morgan fingerprint density at radius 3 is 2.61 bits per heavy atom. The summed E-state index contributed by atoms with van der Waals surface area (Å²) in [6.07, 6.45) is 3.85.